The van der Waals surface area contributed by atoms with Crippen LogP contribution in [-0.4, -0.2) is 258 Å². The zero-order valence-electron chi connectivity index (χ0n) is 79.8. The number of carboxylic acid groups (broad SMARTS) is 3. The van der Waals surface area contributed by atoms with E-state index in [4.69, 9.17) is 11.5 Å². The summed E-state index contributed by atoms with van der Waals surface area (Å²) in [5.41, 5.74) is 13.1. The van der Waals surface area contributed by atoms with E-state index in [2.05, 4.69) is 63.8 Å². The maximum absolute atomic E-state index is 15.3. The second kappa shape index (κ2) is 55.4. The summed E-state index contributed by atoms with van der Waals surface area (Å²) in [6.45, 7) is 10.7. The Labute approximate surface area is 827 Å². The van der Waals surface area contributed by atoms with Crippen LogP contribution in [0, 0.1) is 23.2 Å². The lowest BCUT2D eigenvalue weighted by Crippen LogP contribution is -2.61. The minimum absolute atomic E-state index is 0.00886. The quantitative estimate of drug-likeness (QED) is 0.0354. The highest BCUT2D eigenvalue weighted by molar-refractivity contribution is 7.99. The third-order valence-electron chi connectivity index (χ3n) is 23.3. The average Bonchev–Trinajstić information content (AvgIpc) is 0.815. The number of phenolic OH excluding ortho intramolecular Hbond substituents is 1. The van der Waals surface area contributed by atoms with Crippen LogP contribution < -0.4 is 75.3 Å². The minimum atomic E-state index is -2.08. The van der Waals surface area contributed by atoms with Crippen molar-refractivity contribution in [3.8, 4) is 5.75 Å². The van der Waals surface area contributed by atoms with Gasteiger partial charge >= 0.3 is 17.9 Å². The van der Waals surface area contributed by atoms with Gasteiger partial charge < -0.3 is 105 Å². The fraction of sp³-hybridized carbons (Fsp3) is 0.485. The van der Waals surface area contributed by atoms with Crippen LogP contribution in [0.4, 0.5) is 0 Å². The minimum Gasteiger partial charge on any atom is -0.508 e. The number of benzene rings is 5. The van der Waals surface area contributed by atoms with Gasteiger partial charge in [-0.25, -0.2) is 0 Å². The molecule has 0 spiro atoms. The lowest BCUT2D eigenvalue weighted by atomic mass is 9.81. The maximum atomic E-state index is 15.3. The monoisotopic (exact) mass is 2010 g/mol. The highest BCUT2D eigenvalue weighted by atomic mass is 32.2. The second-order valence-electron chi connectivity index (χ2n) is 36.2. The first-order valence-corrected chi connectivity index (χ1v) is 49.3. The number of hydrogen-bond acceptors (Lipinski definition) is 26. The van der Waals surface area contributed by atoms with Crippen molar-refractivity contribution in [2.45, 2.75) is 241 Å². The predicted molar refractivity (Wildman–Crippen MR) is 520 cm³/mol. The molecule has 4 bridgehead atoms. The summed E-state index contributed by atoms with van der Waals surface area (Å²) in [6, 6.07) is 9.50. The molecule has 0 saturated heterocycles. The van der Waals surface area contributed by atoms with Crippen LogP contribution in [0.3, 0.4) is 0 Å². The van der Waals surface area contributed by atoms with Gasteiger partial charge in [-0.05, 0) is 115 Å². The fourth-order valence-corrected chi connectivity index (χ4v) is 18.6. The van der Waals surface area contributed by atoms with Gasteiger partial charge in [0, 0.05) is 98.8 Å². The van der Waals surface area contributed by atoms with Crippen LogP contribution in [0.25, 0.3) is 10.8 Å². The smallest absolute Gasteiger partial charge is 0.305 e. The number of phenols is 1. The van der Waals surface area contributed by atoms with E-state index in [9.17, 15) is 102 Å². The van der Waals surface area contributed by atoms with Crippen molar-refractivity contribution in [1.29, 1.82) is 0 Å². The number of aliphatic carboxylic acids is 3. The van der Waals surface area contributed by atoms with E-state index in [0.717, 1.165) is 40.2 Å². The molecule has 41 nitrogen and oxygen atoms in total. The van der Waals surface area contributed by atoms with Crippen molar-refractivity contribution in [2.75, 3.05) is 30.9 Å². The summed E-state index contributed by atoms with van der Waals surface area (Å²) >= 11 is 3.24. The number of ketones is 4. The zero-order valence-corrected chi connectivity index (χ0v) is 82.2. The number of carbonyl (C=O) groups is 22. The molecule has 0 radical (unpaired) electrons. The molecule has 2 heterocycles. The van der Waals surface area contributed by atoms with Crippen LogP contribution in [-0.2, 0) is 142 Å². The van der Waals surface area contributed by atoms with Crippen molar-refractivity contribution in [1.82, 2.24) is 68.7 Å². The molecule has 7 rings (SSSR count). The molecular formula is C97H125N15O26S3. The van der Waals surface area contributed by atoms with E-state index in [1.165, 1.54) is 65.9 Å². The summed E-state index contributed by atoms with van der Waals surface area (Å²) in [4.78, 5) is 312. The molecule has 762 valence electrons. The summed E-state index contributed by atoms with van der Waals surface area (Å²) < 4.78 is 0. The van der Waals surface area contributed by atoms with Gasteiger partial charge in [0.1, 0.15) is 65.9 Å². The Balaban J connectivity index is 1.39. The Morgan fingerprint density at radius 2 is 0.950 bits per heavy atom. The molecule has 141 heavy (non-hydrogen) atoms. The standard InChI is InChI=1S/C97H125N15O26S3/c1-10-67-90(132)108-72(42-82(123)124)94(136)107-69(35-55-19-12-11-13-20-55)91(133)106-70(36-56-26-28-65(114)29-27-56)92(134)109-73(43-83(125)126)95(137)111-84(97(6,7)8)77(117)39-63(85(99)127)48-139-45-57-32-58-34-59(33-57)47-141-50-74(96(138)103-67)110-87(129)54(5)101-88(130)62(37-61-23-17-22-60-21-14-15-24-66(60)61)38-76(116)68(30-31-81(121)122)104-93(135)71(41-78(98)118)105-86(128)53(4)102-89(131)64(49-140-46-58)40-75(115)52(3)100-79(119)44-112(9)80(120)25-16-18-51(2)113/h11-15,17,19-24,26-29,32-34,52-54,62-64,67-74,84,114H,10,16,18,25,30-31,35-50H2,1-9H3,(H2,98,118)(H2,99,127)(H,100,119)(H,101,130)(H,102,131)(H,103,138)(H,104,135)(H,105,128)(H,106,133)(H,107,136)(H,108,132)(H,109,134)(H,110,129)(H,111,137)(H,121,122)(H,123,124)(H,125,126)/t52-,53+,54+,62+,63-,64-,67-,68-,69-,70-,71-,72-,73-,74-,84+/m0/s1. The topological polar surface area (TPSA) is 656 Å². The van der Waals surface area contributed by atoms with E-state index in [-0.39, 0.29) is 78.0 Å². The van der Waals surface area contributed by atoms with Gasteiger partial charge in [-0.1, -0.05) is 131 Å². The lowest BCUT2D eigenvalue weighted by Gasteiger charge is -2.32. The number of thioether (sulfide) groups is 3. The van der Waals surface area contributed by atoms with Crippen LogP contribution in [0.2, 0.25) is 0 Å². The van der Waals surface area contributed by atoms with Crippen molar-refractivity contribution in [3.63, 3.8) is 0 Å². The number of amides is 15. The number of aromatic hydroxyl groups is 1. The normalized spacial score (nSPS) is 23.2. The molecule has 2 aliphatic rings. The third kappa shape index (κ3) is 38.1. The number of fused-ring (bicyclic) bond motifs is 6. The number of rotatable bonds is 27. The summed E-state index contributed by atoms with van der Waals surface area (Å²) in [7, 11) is 1.34. The highest BCUT2D eigenvalue weighted by Crippen LogP contribution is 2.31. The Morgan fingerprint density at radius 1 is 0.475 bits per heavy atom. The summed E-state index contributed by atoms with van der Waals surface area (Å²) in [5.74, 6) is -28.5. The Bertz CT molecular complexity index is 5430. The van der Waals surface area contributed by atoms with E-state index < -0.39 is 296 Å². The molecule has 15 atom stereocenters. The summed E-state index contributed by atoms with van der Waals surface area (Å²) in [5, 5.41) is 72.4. The van der Waals surface area contributed by atoms with Gasteiger partial charge in [0.2, 0.25) is 88.6 Å². The average molecular weight is 2010 g/mol. The van der Waals surface area contributed by atoms with Crippen LogP contribution in [0.1, 0.15) is 166 Å². The SMILES string of the molecule is CC[C@@H]1NC(=O)[C@@H]2CSCc3cc(cc(c3)CSC[C@H](CC(=O)[C@H](C)NC(=O)CN(C)C(=O)CCCC(C)=O)C(=O)N[C@H](C)C(=O)N[C@@H](CC(N)=O)C(=O)N[C@@H](CCC(=O)O)C(=O)C[C@@H](Cc3cccc4ccccc34)C(=O)N[C@H](C)C(=O)N2)CSC[C@@H](C(N)=O)CC(=O)[C@H](C(C)(C)C)NC(=O)[C@H](CC(=O)O)NC(=O)[C@H](Cc2ccc(O)cc2)NC(=O)[C@H](Cc2ccccc2)NC(=O)[C@H](CC(=O)O)NC1=O. The van der Waals surface area contributed by atoms with Crippen molar-refractivity contribution in [2.24, 2.45) is 34.6 Å². The van der Waals surface area contributed by atoms with Crippen LogP contribution in [0.5, 0.6) is 5.75 Å². The molecule has 15 amide bonds. The van der Waals surface area contributed by atoms with Gasteiger partial charge in [-0.15, -0.1) is 0 Å². The first-order chi connectivity index (χ1) is 66.5. The molecule has 0 unspecified atom stereocenters. The van der Waals surface area contributed by atoms with Crippen LogP contribution in [0.15, 0.2) is 115 Å². The Morgan fingerprint density at radius 3 is 1.49 bits per heavy atom. The number of nitrogens with two attached hydrogens (primary N) is 2. The Hall–Kier alpha value is -13.7. The fourth-order valence-electron chi connectivity index (χ4n) is 15.5. The molecule has 44 heteroatoms. The van der Waals surface area contributed by atoms with E-state index in [1.807, 2.05) is 0 Å². The molecule has 0 aromatic heterocycles. The number of primary amides is 2. The van der Waals surface area contributed by atoms with E-state index in [0.29, 0.717) is 38.6 Å². The molecule has 0 fully saturated rings. The molecule has 20 N–H and O–H groups in total. The number of hydrogen-bond donors (Lipinski definition) is 18. The molecular weight excluding hydrogens is 1890 g/mol. The van der Waals surface area contributed by atoms with Gasteiger partial charge in [0.05, 0.1) is 55.8 Å². The van der Waals surface area contributed by atoms with Gasteiger partial charge in [-0.3, -0.25) is 101 Å². The number of Topliss-reactive ketones (excluding diaryl/α,β-unsaturated/α-hetero) is 4. The third-order valence-corrected chi connectivity index (χ3v) is 26.7. The number of carbonyl (C=O) groups excluding carboxylic acids is 19. The second-order valence-corrected chi connectivity index (χ2v) is 39.3. The van der Waals surface area contributed by atoms with Gasteiger partial charge in [0.15, 0.2) is 17.3 Å². The molecule has 5 aromatic carbocycles. The number of nitrogens with one attached hydrogen (secondary N) is 12. The molecule has 5 aromatic rings. The predicted octanol–water partition coefficient (Wildman–Crippen LogP) is 1.45. The van der Waals surface area contributed by atoms with E-state index >= 15 is 24.0 Å². The molecule has 0 saturated carbocycles. The number of nitrogens with zero attached hydrogens (tertiary/aromatic N) is 1. The van der Waals surface area contributed by atoms with Gasteiger partial charge in [0.25, 0.3) is 0 Å². The maximum Gasteiger partial charge on any atom is 0.305 e. The van der Waals surface area contributed by atoms with Gasteiger partial charge in [-0.2, -0.15) is 35.3 Å². The van der Waals surface area contributed by atoms with Crippen molar-refractivity contribution >= 4 is 176 Å². The van der Waals surface area contributed by atoms with Crippen molar-refractivity contribution < 1.29 is 126 Å². The van der Waals surface area contributed by atoms with Crippen LogP contribution >= 0.6 is 35.3 Å². The lowest BCUT2D eigenvalue weighted by molar-refractivity contribution is -0.142. The zero-order chi connectivity index (χ0) is 104. The number of carboxylic acids is 3. The first kappa shape index (κ1) is 114. The molecule has 0 aliphatic carbocycles. The van der Waals surface area contributed by atoms with Crippen molar-refractivity contribution in [3.05, 3.63) is 149 Å². The highest BCUT2D eigenvalue weighted by Gasteiger charge is 2.42. The number of likely N-dealkylation sites (N-methyl/N-ethyl adjacent to an activating group) is 1. The molecule has 2 aliphatic heterocycles. The summed E-state index contributed by atoms with van der Waals surface area (Å²) in [6.07, 6.45) is -7.93. The van der Waals surface area contributed by atoms with E-state index in [1.54, 1.807) is 112 Å². The largest absolute Gasteiger partial charge is 0.508 e. The Kier molecular flexibility index (Phi) is 44.9. The first-order valence-electron chi connectivity index (χ1n) is 45.9.